The smallest absolute Gasteiger partial charge is 0.223 e. The Labute approximate surface area is 138 Å². The van der Waals surface area contributed by atoms with Gasteiger partial charge in [0.25, 0.3) is 0 Å². The zero-order valence-electron chi connectivity index (χ0n) is 13.5. The topological polar surface area (TPSA) is 66.5 Å². The van der Waals surface area contributed by atoms with Gasteiger partial charge >= 0.3 is 0 Å². The van der Waals surface area contributed by atoms with Gasteiger partial charge in [-0.05, 0) is 30.9 Å². The van der Waals surface area contributed by atoms with Gasteiger partial charge in [0.15, 0.2) is 0 Å². The number of nitrogens with one attached hydrogen (secondary N) is 1. The molecule has 126 valence electrons. The van der Waals surface area contributed by atoms with Crippen LogP contribution in [0.4, 0.5) is 0 Å². The lowest BCUT2D eigenvalue weighted by Gasteiger charge is -2.30. The normalized spacial score (nSPS) is 16.9. The van der Waals surface area contributed by atoms with Crippen molar-refractivity contribution >= 4 is 15.9 Å². The minimum absolute atomic E-state index is 0.0131. The molecular weight excluding hydrogens is 312 g/mol. The number of rotatable bonds is 6. The van der Waals surface area contributed by atoms with E-state index in [1.54, 1.807) is 6.08 Å². The van der Waals surface area contributed by atoms with Crippen LogP contribution < -0.4 is 5.32 Å². The van der Waals surface area contributed by atoms with Crippen LogP contribution in [0.1, 0.15) is 24.0 Å². The summed E-state index contributed by atoms with van der Waals surface area (Å²) in [5.74, 6) is -0.104. The lowest BCUT2D eigenvalue weighted by molar-refractivity contribution is -0.125. The molecule has 0 bridgehead atoms. The molecule has 23 heavy (non-hydrogen) atoms. The van der Waals surface area contributed by atoms with Crippen LogP contribution in [0, 0.1) is 12.8 Å². The Morgan fingerprint density at radius 2 is 2.00 bits per heavy atom. The molecule has 1 aromatic rings. The molecule has 0 radical (unpaired) electrons. The summed E-state index contributed by atoms with van der Waals surface area (Å²) >= 11 is 0. The highest BCUT2D eigenvalue weighted by molar-refractivity contribution is 7.88. The van der Waals surface area contributed by atoms with E-state index in [0.717, 1.165) is 11.1 Å². The summed E-state index contributed by atoms with van der Waals surface area (Å²) in [5, 5.41) is 2.78. The molecule has 1 N–H and O–H groups in total. The third-order valence-corrected chi connectivity index (χ3v) is 6.07. The number of aryl methyl sites for hydroxylation is 1. The van der Waals surface area contributed by atoms with Crippen molar-refractivity contribution in [1.29, 1.82) is 0 Å². The maximum Gasteiger partial charge on any atom is 0.223 e. The van der Waals surface area contributed by atoms with Crippen LogP contribution in [-0.2, 0) is 20.6 Å². The van der Waals surface area contributed by atoms with Crippen molar-refractivity contribution in [3.63, 3.8) is 0 Å². The second-order valence-electron chi connectivity index (χ2n) is 5.89. The average Bonchev–Trinajstić information content (AvgIpc) is 2.55. The first-order chi connectivity index (χ1) is 10.9. The molecule has 0 spiro atoms. The zero-order valence-corrected chi connectivity index (χ0v) is 14.3. The van der Waals surface area contributed by atoms with Gasteiger partial charge in [-0.2, -0.15) is 0 Å². The number of carbonyl (C=O) groups excluding carboxylic acids is 1. The summed E-state index contributed by atoms with van der Waals surface area (Å²) < 4.78 is 26.6. The van der Waals surface area contributed by atoms with Gasteiger partial charge in [0, 0.05) is 25.6 Å². The van der Waals surface area contributed by atoms with Gasteiger partial charge in [0.2, 0.25) is 15.9 Å². The van der Waals surface area contributed by atoms with Gasteiger partial charge in [-0.25, -0.2) is 12.7 Å². The molecule has 1 aromatic carbocycles. The molecule has 1 heterocycles. The number of carbonyl (C=O) groups is 1. The molecule has 1 aliphatic rings. The second-order valence-corrected chi connectivity index (χ2v) is 7.86. The van der Waals surface area contributed by atoms with Crippen LogP contribution in [0.3, 0.4) is 0 Å². The second kappa shape index (κ2) is 7.75. The number of amides is 1. The average molecular weight is 336 g/mol. The van der Waals surface area contributed by atoms with Gasteiger partial charge in [0.05, 0.1) is 5.75 Å². The van der Waals surface area contributed by atoms with E-state index in [1.165, 1.54) is 4.31 Å². The highest BCUT2D eigenvalue weighted by Gasteiger charge is 2.31. The Hall–Kier alpha value is -1.66. The molecule has 1 amide bonds. The molecule has 0 saturated carbocycles. The fraction of sp³-hybridized carbons (Fsp3) is 0.471. The largest absolute Gasteiger partial charge is 0.352 e. The van der Waals surface area contributed by atoms with Crippen LogP contribution in [-0.4, -0.2) is 38.3 Å². The van der Waals surface area contributed by atoms with E-state index >= 15 is 0 Å². The van der Waals surface area contributed by atoms with E-state index in [0.29, 0.717) is 32.5 Å². The Morgan fingerprint density at radius 3 is 2.61 bits per heavy atom. The van der Waals surface area contributed by atoms with Crippen LogP contribution in [0.25, 0.3) is 0 Å². The fourth-order valence-corrected chi connectivity index (χ4v) is 4.44. The quantitative estimate of drug-likeness (QED) is 0.806. The van der Waals surface area contributed by atoms with Gasteiger partial charge in [-0.15, -0.1) is 6.58 Å². The van der Waals surface area contributed by atoms with Crippen LogP contribution >= 0.6 is 0 Å². The highest BCUT2D eigenvalue weighted by Crippen LogP contribution is 2.22. The summed E-state index contributed by atoms with van der Waals surface area (Å²) in [6.45, 7) is 6.74. The first-order valence-electron chi connectivity index (χ1n) is 7.85. The minimum Gasteiger partial charge on any atom is -0.352 e. The summed E-state index contributed by atoms with van der Waals surface area (Å²) in [5.41, 5.74) is 1.81. The zero-order chi connectivity index (χ0) is 16.9. The molecular formula is C17H24N2O3S. The summed E-state index contributed by atoms with van der Waals surface area (Å²) in [7, 11) is -3.34. The fourth-order valence-electron chi connectivity index (χ4n) is 2.77. The molecule has 2 rings (SSSR count). The molecule has 0 unspecified atom stereocenters. The Bertz CT molecular complexity index is 662. The maximum atomic E-state index is 12.6. The number of hydrogen-bond acceptors (Lipinski definition) is 3. The monoisotopic (exact) mass is 336 g/mol. The summed E-state index contributed by atoms with van der Waals surface area (Å²) in [6.07, 6.45) is 2.77. The third kappa shape index (κ3) is 4.65. The predicted molar refractivity (Wildman–Crippen MR) is 91.3 cm³/mol. The van der Waals surface area contributed by atoms with Crippen molar-refractivity contribution in [3.8, 4) is 0 Å². The Morgan fingerprint density at radius 1 is 1.35 bits per heavy atom. The van der Waals surface area contributed by atoms with Gasteiger partial charge in [-0.3, -0.25) is 4.79 Å². The summed E-state index contributed by atoms with van der Waals surface area (Å²) in [6, 6.07) is 7.52. The van der Waals surface area contributed by atoms with Crippen molar-refractivity contribution < 1.29 is 13.2 Å². The lowest BCUT2D eigenvalue weighted by atomic mass is 9.97. The maximum absolute atomic E-state index is 12.6. The van der Waals surface area contributed by atoms with Crippen molar-refractivity contribution in [2.45, 2.75) is 25.5 Å². The molecule has 1 fully saturated rings. The third-order valence-electron chi connectivity index (χ3n) is 4.24. The molecule has 0 atom stereocenters. The molecule has 5 nitrogen and oxygen atoms in total. The van der Waals surface area contributed by atoms with Crippen molar-refractivity contribution in [3.05, 3.63) is 48.0 Å². The number of hydrogen-bond donors (Lipinski definition) is 1. The predicted octanol–water partition coefficient (Wildman–Crippen LogP) is 1.84. The minimum atomic E-state index is -3.34. The first kappa shape index (κ1) is 17.7. The van der Waals surface area contributed by atoms with E-state index in [1.807, 2.05) is 31.2 Å². The van der Waals surface area contributed by atoms with E-state index in [-0.39, 0.29) is 17.6 Å². The number of sulfonamides is 1. The van der Waals surface area contributed by atoms with Gasteiger partial charge < -0.3 is 5.32 Å². The number of benzene rings is 1. The summed E-state index contributed by atoms with van der Waals surface area (Å²) in [4.78, 5) is 11.9. The van der Waals surface area contributed by atoms with E-state index in [9.17, 15) is 13.2 Å². The SMILES string of the molecule is C=CCNC(=O)C1CCN(S(=O)(=O)Cc2ccccc2C)CC1. The van der Waals surface area contributed by atoms with E-state index in [4.69, 9.17) is 0 Å². The van der Waals surface area contributed by atoms with Gasteiger partial charge in [-0.1, -0.05) is 30.3 Å². The lowest BCUT2D eigenvalue weighted by Crippen LogP contribution is -2.43. The van der Waals surface area contributed by atoms with Gasteiger partial charge in [0.1, 0.15) is 0 Å². The van der Waals surface area contributed by atoms with E-state index in [2.05, 4.69) is 11.9 Å². The first-order valence-corrected chi connectivity index (χ1v) is 9.46. The van der Waals surface area contributed by atoms with Crippen LogP contribution in [0.15, 0.2) is 36.9 Å². The number of piperidine rings is 1. The van der Waals surface area contributed by atoms with Crippen molar-refractivity contribution in [2.24, 2.45) is 5.92 Å². The number of nitrogens with zero attached hydrogens (tertiary/aromatic N) is 1. The standard InChI is InChI=1S/C17H24N2O3S/c1-3-10-18-17(20)15-8-11-19(12-9-15)23(21,22)13-16-7-5-4-6-14(16)2/h3-7,15H,1,8-13H2,2H3,(H,18,20). The van der Waals surface area contributed by atoms with Crippen molar-refractivity contribution in [1.82, 2.24) is 9.62 Å². The Kier molecular flexibility index (Phi) is 5.96. The molecule has 1 aliphatic heterocycles. The van der Waals surface area contributed by atoms with Crippen molar-refractivity contribution in [2.75, 3.05) is 19.6 Å². The van der Waals surface area contributed by atoms with Crippen LogP contribution in [0.2, 0.25) is 0 Å². The van der Waals surface area contributed by atoms with Crippen LogP contribution in [0.5, 0.6) is 0 Å². The molecule has 0 aliphatic carbocycles. The highest BCUT2D eigenvalue weighted by atomic mass is 32.2. The molecule has 1 saturated heterocycles. The van der Waals surface area contributed by atoms with E-state index < -0.39 is 10.0 Å². The molecule has 0 aromatic heterocycles. The molecule has 6 heteroatoms. The Balaban J connectivity index is 1.95.